The van der Waals surface area contributed by atoms with Crippen molar-refractivity contribution in [1.82, 2.24) is 4.90 Å². The van der Waals surface area contributed by atoms with Crippen LogP contribution in [0, 0.1) is 0 Å². The van der Waals surface area contributed by atoms with Gasteiger partial charge in [-0.2, -0.15) is 11.8 Å². The van der Waals surface area contributed by atoms with Gasteiger partial charge in [0, 0.05) is 30.3 Å². The van der Waals surface area contributed by atoms with Gasteiger partial charge in [-0.05, 0) is 0 Å². The fourth-order valence-electron chi connectivity index (χ4n) is 1.96. The van der Waals surface area contributed by atoms with Gasteiger partial charge in [-0.25, -0.2) is 8.42 Å². The van der Waals surface area contributed by atoms with Gasteiger partial charge in [0.15, 0.2) is 9.84 Å². The van der Waals surface area contributed by atoms with Crippen LogP contribution in [0.1, 0.15) is 6.92 Å². The summed E-state index contributed by atoms with van der Waals surface area (Å²) in [4.78, 5) is 13.3. The molecule has 0 bridgehead atoms. The summed E-state index contributed by atoms with van der Waals surface area (Å²) in [7, 11) is -1.94. The molecule has 1 heterocycles. The normalized spacial score (nSPS) is 23.6. The highest BCUT2D eigenvalue weighted by atomic mass is 32.2. The van der Waals surface area contributed by atoms with E-state index >= 15 is 0 Å². The highest BCUT2D eigenvalue weighted by molar-refractivity contribution is 8.01. The van der Waals surface area contributed by atoms with E-state index in [1.807, 2.05) is 0 Å². The zero-order valence-electron chi connectivity index (χ0n) is 10.7. The monoisotopic (exact) mass is 296 g/mol. The smallest absolute Gasteiger partial charge is 0.324 e. The summed E-state index contributed by atoms with van der Waals surface area (Å²) in [6.07, 6.45) is 0. The van der Waals surface area contributed by atoms with Crippen molar-refractivity contribution in [1.29, 1.82) is 0 Å². The summed E-state index contributed by atoms with van der Waals surface area (Å²) in [5.41, 5.74) is 5.58. The number of ether oxygens (including phenoxy) is 1. The van der Waals surface area contributed by atoms with Gasteiger partial charge >= 0.3 is 5.97 Å². The van der Waals surface area contributed by atoms with Crippen molar-refractivity contribution in [3.05, 3.63) is 0 Å². The molecule has 2 unspecified atom stereocenters. The van der Waals surface area contributed by atoms with Crippen molar-refractivity contribution in [3.8, 4) is 0 Å². The number of nitrogens with zero attached hydrogens (tertiary/aromatic N) is 1. The first-order chi connectivity index (χ1) is 8.47. The standard InChI is InChI=1S/C10H20N2O4S2/c1-3-18(14,15)9-7-17-5-4-12(9)8(6-11)10(13)16-2/h8-9H,3-7,11H2,1-2H3. The fourth-order valence-corrected chi connectivity index (χ4v) is 5.02. The molecular formula is C10H20N2O4S2. The average Bonchev–Trinajstić information content (AvgIpc) is 2.39. The Bertz CT molecular complexity index is 385. The van der Waals surface area contributed by atoms with Crippen molar-refractivity contribution in [3.63, 3.8) is 0 Å². The first-order valence-electron chi connectivity index (χ1n) is 5.80. The van der Waals surface area contributed by atoms with Crippen molar-refractivity contribution in [2.24, 2.45) is 5.73 Å². The molecule has 0 spiro atoms. The van der Waals surface area contributed by atoms with Gasteiger partial charge in [0.25, 0.3) is 0 Å². The molecule has 6 nitrogen and oxygen atoms in total. The molecule has 0 radical (unpaired) electrons. The highest BCUT2D eigenvalue weighted by Crippen LogP contribution is 2.23. The Hall–Kier alpha value is -0.310. The van der Waals surface area contributed by atoms with Crippen molar-refractivity contribution in [2.75, 3.05) is 37.5 Å². The molecule has 0 aromatic heterocycles. The van der Waals surface area contributed by atoms with Crippen LogP contribution >= 0.6 is 11.8 Å². The maximum absolute atomic E-state index is 12.0. The Kier molecular flexibility index (Phi) is 5.90. The van der Waals surface area contributed by atoms with Gasteiger partial charge in [0.05, 0.1) is 7.11 Å². The van der Waals surface area contributed by atoms with E-state index in [1.165, 1.54) is 7.11 Å². The molecule has 1 fully saturated rings. The lowest BCUT2D eigenvalue weighted by Crippen LogP contribution is -2.57. The van der Waals surface area contributed by atoms with Crippen LogP contribution in [0.5, 0.6) is 0 Å². The van der Waals surface area contributed by atoms with Crippen molar-refractivity contribution >= 4 is 27.6 Å². The van der Waals surface area contributed by atoms with Gasteiger partial charge in [0.1, 0.15) is 11.4 Å². The maximum atomic E-state index is 12.0. The van der Waals surface area contributed by atoms with Gasteiger partial charge in [-0.15, -0.1) is 0 Å². The summed E-state index contributed by atoms with van der Waals surface area (Å²) in [5, 5.41) is -0.645. The summed E-state index contributed by atoms with van der Waals surface area (Å²) in [6, 6.07) is -0.678. The van der Waals surface area contributed by atoms with Crippen LogP contribution in [-0.2, 0) is 19.4 Å². The van der Waals surface area contributed by atoms with Gasteiger partial charge in [-0.3, -0.25) is 9.69 Å². The number of hydrogen-bond acceptors (Lipinski definition) is 7. The number of carbonyl (C=O) groups excluding carboxylic acids is 1. The molecule has 1 aliphatic heterocycles. The number of rotatable bonds is 5. The minimum absolute atomic E-state index is 0.0626. The number of methoxy groups -OCH3 is 1. The Labute approximate surface area is 112 Å². The summed E-state index contributed by atoms with van der Waals surface area (Å²) in [6.45, 7) is 2.21. The fraction of sp³-hybridized carbons (Fsp3) is 0.900. The number of carbonyl (C=O) groups is 1. The highest BCUT2D eigenvalue weighted by Gasteiger charge is 2.39. The molecule has 106 valence electrons. The van der Waals surface area contributed by atoms with Crippen molar-refractivity contribution in [2.45, 2.75) is 18.3 Å². The summed E-state index contributed by atoms with van der Waals surface area (Å²) >= 11 is 1.58. The number of esters is 1. The Morgan fingerprint density at radius 1 is 1.61 bits per heavy atom. The second kappa shape index (κ2) is 6.74. The molecule has 0 aromatic rings. The van der Waals surface area contributed by atoms with E-state index in [1.54, 1.807) is 23.6 Å². The van der Waals surface area contributed by atoms with Gasteiger partial charge in [0.2, 0.25) is 0 Å². The first-order valence-corrected chi connectivity index (χ1v) is 8.67. The number of thioether (sulfide) groups is 1. The van der Waals surface area contributed by atoms with Gasteiger partial charge < -0.3 is 10.5 Å². The van der Waals surface area contributed by atoms with E-state index < -0.39 is 27.2 Å². The van der Waals surface area contributed by atoms with E-state index in [9.17, 15) is 13.2 Å². The third-order valence-electron chi connectivity index (χ3n) is 3.04. The van der Waals surface area contributed by atoms with Crippen molar-refractivity contribution < 1.29 is 17.9 Å². The molecule has 0 aliphatic carbocycles. The van der Waals surface area contributed by atoms with Crippen LogP contribution in [0.4, 0.5) is 0 Å². The molecular weight excluding hydrogens is 276 g/mol. The molecule has 0 amide bonds. The molecule has 1 aliphatic rings. The topological polar surface area (TPSA) is 89.7 Å². The van der Waals surface area contributed by atoms with E-state index in [2.05, 4.69) is 4.74 Å². The van der Waals surface area contributed by atoms with E-state index in [-0.39, 0.29) is 12.3 Å². The Morgan fingerprint density at radius 3 is 2.78 bits per heavy atom. The second-order valence-electron chi connectivity index (χ2n) is 3.99. The lowest BCUT2D eigenvalue weighted by Gasteiger charge is -2.38. The van der Waals surface area contributed by atoms with Crippen LogP contribution in [0.3, 0.4) is 0 Å². The molecule has 1 rings (SSSR count). The molecule has 1 saturated heterocycles. The molecule has 8 heteroatoms. The number of hydrogen-bond donors (Lipinski definition) is 1. The maximum Gasteiger partial charge on any atom is 0.324 e. The van der Waals surface area contributed by atoms with E-state index in [0.717, 1.165) is 5.75 Å². The number of sulfone groups is 1. The summed E-state index contributed by atoms with van der Waals surface area (Å²) in [5.74, 6) is 0.862. The molecule has 2 N–H and O–H groups in total. The molecule has 18 heavy (non-hydrogen) atoms. The number of nitrogens with two attached hydrogens (primary N) is 1. The second-order valence-corrected chi connectivity index (χ2v) is 7.59. The largest absolute Gasteiger partial charge is 0.468 e. The van der Waals surface area contributed by atoms with Crippen LogP contribution in [0.2, 0.25) is 0 Å². The van der Waals surface area contributed by atoms with Gasteiger partial charge in [-0.1, -0.05) is 6.92 Å². The molecule has 2 atom stereocenters. The van der Waals surface area contributed by atoms with E-state index in [0.29, 0.717) is 12.3 Å². The summed E-state index contributed by atoms with van der Waals surface area (Å²) < 4.78 is 28.8. The first kappa shape index (κ1) is 15.7. The minimum atomic E-state index is -3.23. The molecule has 0 aromatic carbocycles. The average molecular weight is 296 g/mol. The minimum Gasteiger partial charge on any atom is -0.468 e. The SMILES string of the molecule is CCS(=O)(=O)C1CSCCN1C(CN)C(=O)OC. The lowest BCUT2D eigenvalue weighted by molar-refractivity contribution is -0.146. The Morgan fingerprint density at radius 2 is 2.28 bits per heavy atom. The lowest BCUT2D eigenvalue weighted by atomic mass is 10.2. The zero-order chi connectivity index (χ0) is 13.8. The van der Waals surface area contributed by atoms with Crippen LogP contribution in [-0.4, -0.2) is 68.2 Å². The Balaban J connectivity index is 2.98. The third-order valence-corrected chi connectivity index (χ3v) is 6.34. The molecule has 0 saturated carbocycles. The van der Waals surface area contributed by atoms with Crippen LogP contribution in [0.15, 0.2) is 0 Å². The zero-order valence-corrected chi connectivity index (χ0v) is 12.3. The predicted octanol–water partition coefficient (Wildman–Crippen LogP) is -0.704. The van der Waals surface area contributed by atoms with Crippen LogP contribution in [0.25, 0.3) is 0 Å². The van der Waals surface area contributed by atoms with Crippen LogP contribution < -0.4 is 5.73 Å². The quantitative estimate of drug-likeness (QED) is 0.671. The third kappa shape index (κ3) is 3.37. The van der Waals surface area contributed by atoms with E-state index in [4.69, 9.17) is 5.73 Å². The predicted molar refractivity (Wildman–Crippen MR) is 72.1 cm³/mol.